The van der Waals surface area contributed by atoms with E-state index in [1.165, 1.54) is 12.1 Å². The Morgan fingerprint density at radius 2 is 1.81 bits per heavy atom. The zero-order valence-electron chi connectivity index (χ0n) is 15.1. The molecule has 7 heteroatoms. The van der Waals surface area contributed by atoms with Crippen molar-refractivity contribution in [1.82, 2.24) is 4.57 Å². The van der Waals surface area contributed by atoms with Gasteiger partial charge < -0.3 is 9.67 Å². The summed E-state index contributed by atoms with van der Waals surface area (Å²) in [6, 6.07) is 10.9. The van der Waals surface area contributed by atoms with Crippen molar-refractivity contribution >= 4 is 26.7 Å². The fourth-order valence-corrected chi connectivity index (χ4v) is 4.16. The third kappa shape index (κ3) is 3.73. The minimum atomic E-state index is -3.26. The van der Waals surface area contributed by atoms with Crippen LogP contribution in [0.15, 0.2) is 47.4 Å². The summed E-state index contributed by atoms with van der Waals surface area (Å²) in [6.45, 7) is 3.20. The van der Waals surface area contributed by atoms with Gasteiger partial charge in [-0.25, -0.2) is 12.8 Å². The van der Waals surface area contributed by atoms with Crippen LogP contribution in [-0.4, -0.2) is 29.8 Å². The van der Waals surface area contributed by atoms with E-state index in [0.29, 0.717) is 17.3 Å². The number of rotatable bonds is 6. The molecule has 0 bridgehead atoms. The summed E-state index contributed by atoms with van der Waals surface area (Å²) in [5.74, 6) is -1.33. The maximum Gasteiger partial charge on any atom is 0.323 e. The van der Waals surface area contributed by atoms with E-state index in [4.69, 9.17) is 0 Å². The summed E-state index contributed by atoms with van der Waals surface area (Å²) in [5.41, 5.74) is 3.11. The predicted molar refractivity (Wildman–Crippen MR) is 101 cm³/mol. The number of sulfone groups is 1. The Hall–Kier alpha value is -2.67. The van der Waals surface area contributed by atoms with Crippen LogP contribution in [0.3, 0.4) is 0 Å². The van der Waals surface area contributed by atoms with Crippen LogP contribution in [0, 0.1) is 12.7 Å². The fourth-order valence-electron chi connectivity index (χ4n) is 3.27. The zero-order valence-corrected chi connectivity index (χ0v) is 15.9. The summed E-state index contributed by atoms with van der Waals surface area (Å²) in [5, 5.41) is 9.85. The van der Waals surface area contributed by atoms with Crippen molar-refractivity contribution in [3.8, 4) is 0 Å². The van der Waals surface area contributed by atoms with E-state index in [1.807, 2.05) is 6.92 Å². The summed E-state index contributed by atoms with van der Waals surface area (Å²) in [4.78, 5) is 11.5. The first-order valence-corrected chi connectivity index (χ1v) is 10.2. The minimum Gasteiger partial charge on any atom is -0.480 e. The average molecular weight is 389 g/mol. The second-order valence-corrected chi connectivity index (χ2v) is 8.71. The van der Waals surface area contributed by atoms with Gasteiger partial charge in [0.2, 0.25) is 0 Å². The molecule has 27 heavy (non-hydrogen) atoms. The number of benzene rings is 2. The first kappa shape index (κ1) is 19.1. The van der Waals surface area contributed by atoms with Gasteiger partial charge in [-0.2, -0.15) is 0 Å². The lowest BCUT2D eigenvalue weighted by molar-refractivity contribution is -0.137. The lowest BCUT2D eigenvalue weighted by Crippen LogP contribution is -2.10. The van der Waals surface area contributed by atoms with Gasteiger partial charge in [0.25, 0.3) is 0 Å². The van der Waals surface area contributed by atoms with Crippen molar-refractivity contribution in [2.75, 3.05) is 5.75 Å². The molecule has 0 amide bonds. The summed E-state index contributed by atoms with van der Waals surface area (Å²) >= 11 is 0. The largest absolute Gasteiger partial charge is 0.480 e. The van der Waals surface area contributed by atoms with E-state index < -0.39 is 15.8 Å². The van der Waals surface area contributed by atoms with Gasteiger partial charge in [0.05, 0.1) is 10.6 Å². The van der Waals surface area contributed by atoms with Gasteiger partial charge in [-0.05, 0) is 54.8 Å². The highest BCUT2D eigenvalue weighted by molar-refractivity contribution is 7.91. The van der Waals surface area contributed by atoms with E-state index in [-0.39, 0.29) is 23.0 Å². The molecule has 0 atom stereocenters. The molecule has 0 saturated heterocycles. The van der Waals surface area contributed by atoms with Gasteiger partial charge in [-0.1, -0.05) is 19.1 Å². The molecular formula is C20H20FNO4S. The van der Waals surface area contributed by atoms with Crippen molar-refractivity contribution in [2.45, 2.75) is 31.7 Å². The van der Waals surface area contributed by atoms with Gasteiger partial charge in [0.15, 0.2) is 9.84 Å². The Kier molecular flexibility index (Phi) is 5.06. The lowest BCUT2D eigenvalue weighted by atomic mass is 10.0. The zero-order chi connectivity index (χ0) is 19.8. The molecule has 5 nitrogen and oxygen atoms in total. The molecule has 0 aliphatic heterocycles. The highest BCUT2D eigenvalue weighted by Gasteiger charge is 2.17. The third-order valence-electron chi connectivity index (χ3n) is 4.75. The maximum absolute atomic E-state index is 13.8. The molecule has 0 spiro atoms. The number of carboxylic acid groups (broad SMARTS) is 1. The molecule has 0 aliphatic rings. The van der Waals surface area contributed by atoms with Crippen molar-refractivity contribution < 1.29 is 22.7 Å². The van der Waals surface area contributed by atoms with Crippen LogP contribution in [0.25, 0.3) is 10.9 Å². The first-order valence-electron chi connectivity index (χ1n) is 8.53. The van der Waals surface area contributed by atoms with E-state index in [2.05, 4.69) is 0 Å². The number of fused-ring (bicyclic) bond motifs is 1. The highest BCUT2D eigenvalue weighted by Crippen LogP contribution is 2.29. The van der Waals surface area contributed by atoms with E-state index in [1.54, 1.807) is 41.8 Å². The number of hydrogen-bond donors (Lipinski definition) is 1. The molecule has 1 heterocycles. The van der Waals surface area contributed by atoms with E-state index in [9.17, 15) is 22.7 Å². The predicted octanol–water partition coefficient (Wildman–Crippen LogP) is 3.56. The molecule has 0 saturated carbocycles. The average Bonchev–Trinajstić information content (AvgIpc) is 2.87. The Bertz CT molecular complexity index is 1120. The summed E-state index contributed by atoms with van der Waals surface area (Å²) in [7, 11) is -3.26. The Morgan fingerprint density at radius 1 is 1.15 bits per heavy atom. The molecule has 1 N–H and O–H groups in total. The molecule has 0 aliphatic carbocycles. The monoisotopic (exact) mass is 389 g/mol. The molecule has 3 aromatic rings. The maximum atomic E-state index is 13.8. The van der Waals surface area contributed by atoms with Crippen LogP contribution >= 0.6 is 0 Å². The number of nitrogens with zero attached hydrogens (tertiary/aromatic N) is 1. The van der Waals surface area contributed by atoms with Crippen molar-refractivity contribution in [1.29, 1.82) is 0 Å². The number of aliphatic carboxylic acids is 1. The Balaban J connectivity index is 2.05. The molecule has 0 unspecified atom stereocenters. The van der Waals surface area contributed by atoms with Gasteiger partial charge in [0.1, 0.15) is 12.4 Å². The Labute approximate surface area is 157 Å². The minimum absolute atomic E-state index is 0.0351. The Morgan fingerprint density at radius 3 is 2.41 bits per heavy atom. The van der Waals surface area contributed by atoms with E-state index in [0.717, 1.165) is 16.8 Å². The number of aromatic nitrogens is 1. The third-order valence-corrected chi connectivity index (χ3v) is 6.50. The summed E-state index contributed by atoms with van der Waals surface area (Å²) in [6.07, 6.45) is 0.449. The first-order chi connectivity index (χ1) is 12.7. The second kappa shape index (κ2) is 7.15. The van der Waals surface area contributed by atoms with Crippen LogP contribution in [0.5, 0.6) is 0 Å². The van der Waals surface area contributed by atoms with Gasteiger partial charge in [0, 0.05) is 16.6 Å². The summed E-state index contributed by atoms with van der Waals surface area (Å²) < 4.78 is 39.3. The van der Waals surface area contributed by atoms with Gasteiger partial charge >= 0.3 is 5.97 Å². The van der Waals surface area contributed by atoms with Gasteiger partial charge in [-0.3, -0.25) is 4.79 Å². The normalized spacial score (nSPS) is 11.8. The topological polar surface area (TPSA) is 76.4 Å². The van der Waals surface area contributed by atoms with Crippen LogP contribution < -0.4 is 0 Å². The second-order valence-electron chi connectivity index (χ2n) is 6.43. The quantitative estimate of drug-likeness (QED) is 0.699. The van der Waals surface area contributed by atoms with Crippen molar-refractivity contribution in [2.24, 2.45) is 0 Å². The molecule has 0 fully saturated rings. The molecule has 2 aromatic carbocycles. The smallest absolute Gasteiger partial charge is 0.323 e. The van der Waals surface area contributed by atoms with Crippen LogP contribution in [0.4, 0.5) is 4.39 Å². The van der Waals surface area contributed by atoms with E-state index >= 15 is 0 Å². The SMILES string of the molecule is CCS(=O)(=O)c1ccc(Cc2c(C)n(CC(=O)O)c3ccc(F)cc23)cc1. The highest BCUT2D eigenvalue weighted by atomic mass is 32.2. The molecule has 142 valence electrons. The van der Waals surface area contributed by atoms with Crippen LogP contribution in [0.2, 0.25) is 0 Å². The van der Waals surface area contributed by atoms with Crippen LogP contribution in [0.1, 0.15) is 23.7 Å². The van der Waals surface area contributed by atoms with Crippen molar-refractivity contribution in [3.05, 3.63) is 65.1 Å². The van der Waals surface area contributed by atoms with Crippen molar-refractivity contribution in [3.63, 3.8) is 0 Å². The molecule has 0 radical (unpaired) electrons. The number of hydrogen-bond acceptors (Lipinski definition) is 3. The van der Waals surface area contributed by atoms with Gasteiger partial charge in [-0.15, -0.1) is 0 Å². The standard InChI is InChI=1S/C20H20FNO4S/c1-3-27(25,26)16-7-4-14(5-8-16)10-17-13(2)22(12-20(23)24)19-9-6-15(21)11-18(17)19/h4-9,11H,3,10,12H2,1-2H3,(H,23,24). The fraction of sp³-hybridized carbons (Fsp3) is 0.250. The number of carboxylic acids is 1. The lowest BCUT2D eigenvalue weighted by Gasteiger charge is -2.07. The molecule has 1 aromatic heterocycles. The molecular weight excluding hydrogens is 369 g/mol. The van der Waals surface area contributed by atoms with Crippen LogP contribution in [-0.2, 0) is 27.6 Å². The molecule has 3 rings (SSSR count). The number of carbonyl (C=O) groups is 1. The number of halogens is 1.